The molecule has 0 nitrogen and oxygen atoms in total. The molecular formula is C4H6I2Si. The van der Waals surface area contributed by atoms with Crippen molar-refractivity contribution in [3.05, 3.63) is 0 Å². The zero-order valence-electron chi connectivity index (χ0n) is 4.04. The van der Waals surface area contributed by atoms with Crippen molar-refractivity contribution in [3.8, 4) is 12.0 Å². The molecule has 0 fully saturated rings. The maximum atomic E-state index is 4.90. The quantitative estimate of drug-likeness (QED) is 0.361. The van der Waals surface area contributed by atoms with Gasteiger partial charge in [-0.1, -0.05) is 0 Å². The standard InChI is InChI=1S/C4H6Si.I2/c1-4-5(2)3;1-2/h1H,2H2,3H3;. The van der Waals surface area contributed by atoms with Gasteiger partial charge >= 0.3 is 0 Å². The monoisotopic (exact) mass is 336 g/mol. The molecule has 0 bridgehead atoms. The van der Waals surface area contributed by atoms with E-state index in [4.69, 9.17) is 6.42 Å². The normalized spacial score (nSPS) is 4.86. The van der Waals surface area contributed by atoms with E-state index in [0.29, 0.717) is 0 Å². The van der Waals surface area contributed by atoms with Gasteiger partial charge in [-0.25, -0.2) is 0 Å². The number of halogens is 2. The van der Waals surface area contributed by atoms with Crippen molar-refractivity contribution in [1.29, 1.82) is 0 Å². The lowest BCUT2D eigenvalue weighted by atomic mass is 11.4. The van der Waals surface area contributed by atoms with Crippen LogP contribution in [0.3, 0.4) is 0 Å². The first kappa shape index (κ1) is 11.0. The molecule has 0 aromatic rings. The molecule has 0 aliphatic heterocycles. The minimum absolute atomic E-state index is 0.596. The highest BCUT2D eigenvalue weighted by atomic mass is 128. The molecule has 0 aromatic carbocycles. The van der Waals surface area contributed by atoms with Crippen LogP contribution in [0.25, 0.3) is 0 Å². The average molecular weight is 336 g/mol. The maximum absolute atomic E-state index is 4.90. The Balaban J connectivity index is 0. The van der Waals surface area contributed by atoms with Gasteiger partial charge in [-0.05, 0) is 6.55 Å². The van der Waals surface area contributed by atoms with Gasteiger partial charge in [-0.3, -0.25) is 0 Å². The van der Waals surface area contributed by atoms with E-state index in [1.807, 2.05) is 6.55 Å². The fraction of sp³-hybridized carbons (Fsp3) is 0.250. The minimum Gasteiger partial charge on any atom is -0.123 e. The highest BCUT2D eigenvalue weighted by molar-refractivity contribution is 15.0. The lowest BCUT2D eigenvalue weighted by Crippen LogP contribution is -1.81. The molecule has 0 saturated heterocycles. The fourth-order valence-corrected chi connectivity index (χ4v) is 0. The van der Waals surface area contributed by atoms with Gasteiger partial charge in [-0.15, -0.1) is 18.1 Å². The van der Waals surface area contributed by atoms with Crippen molar-refractivity contribution in [3.63, 3.8) is 0 Å². The summed E-state index contributed by atoms with van der Waals surface area (Å²) >= 11 is 4.24. The third kappa shape index (κ3) is 19.2. The van der Waals surface area contributed by atoms with E-state index in [0.717, 1.165) is 0 Å². The lowest BCUT2D eigenvalue weighted by molar-refractivity contribution is 2.30. The third-order valence-corrected chi connectivity index (χ3v) is 0.739. The fourth-order valence-electron chi connectivity index (χ4n) is 0. The Kier molecular flexibility index (Phi) is 15.9. The molecular weight excluding hydrogens is 330 g/mol. The van der Waals surface area contributed by atoms with Gasteiger partial charge in [0.25, 0.3) is 0 Å². The van der Waals surface area contributed by atoms with E-state index in [-0.39, 0.29) is 0 Å². The summed E-state index contributed by atoms with van der Waals surface area (Å²) in [6.45, 7) is 1.98. The van der Waals surface area contributed by atoms with Crippen LogP contribution in [0.15, 0.2) is 0 Å². The second-order valence-electron chi connectivity index (χ2n) is 0.925. The third-order valence-electron chi connectivity index (χ3n) is 0.246. The van der Waals surface area contributed by atoms with Gasteiger partial charge in [-0.2, -0.15) is 0 Å². The molecule has 40 valence electrons. The first-order valence-corrected chi connectivity index (χ1v) is 10.0. The Morgan fingerprint density at radius 3 is 1.86 bits per heavy atom. The lowest BCUT2D eigenvalue weighted by Gasteiger charge is -1.63. The Labute approximate surface area is 69.6 Å². The first-order valence-electron chi connectivity index (χ1n) is 1.54. The molecule has 0 atom stereocenters. The topological polar surface area (TPSA) is 0 Å². The minimum atomic E-state index is -0.596. The Bertz CT molecular complexity index is 82.2. The Morgan fingerprint density at radius 2 is 1.86 bits per heavy atom. The van der Waals surface area contributed by atoms with Crippen LogP contribution in [0.2, 0.25) is 6.55 Å². The Morgan fingerprint density at radius 1 is 1.71 bits per heavy atom. The Hall–Kier alpha value is 1.11. The van der Waals surface area contributed by atoms with Crippen molar-refractivity contribution >= 4 is 51.8 Å². The van der Waals surface area contributed by atoms with Crippen molar-refractivity contribution in [2.45, 2.75) is 6.55 Å². The molecule has 0 rings (SSSR count). The molecule has 7 heavy (non-hydrogen) atoms. The number of terminal acetylenes is 1. The highest BCUT2D eigenvalue weighted by Crippen LogP contribution is 1.89. The smallest absolute Gasteiger partial charge is 0.0922 e. The van der Waals surface area contributed by atoms with E-state index >= 15 is 0 Å². The van der Waals surface area contributed by atoms with Crippen molar-refractivity contribution in [2.75, 3.05) is 0 Å². The van der Waals surface area contributed by atoms with Crippen molar-refractivity contribution in [2.24, 2.45) is 0 Å². The van der Waals surface area contributed by atoms with E-state index in [1.54, 1.807) is 0 Å². The summed E-state index contributed by atoms with van der Waals surface area (Å²) < 4.78 is 0. The predicted octanol–water partition coefficient (Wildman–Crippen LogP) is 2.07. The summed E-state index contributed by atoms with van der Waals surface area (Å²) in [6.07, 6.45) is 8.53. The molecule has 0 unspecified atom stereocenters. The van der Waals surface area contributed by atoms with Gasteiger partial charge in [0, 0.05) is 37.2 Å². The summed E-state index contributed by atoms with van der Waals surface area (Å²) in [5.41, 5.74) is 2.52. The number of rotatable bonds is 0. The van der Waals surface area contributed by atoms with E-state index in [2.05, 4.69) is 49.0 Å². The summed E-state index contributed by atoms with van der Waals surface area (Å²) in [6, 6.07) is 0. The molecule has 0 spiro atoms. The van der Waals surface area contributed by atoms with Gasteiger partial charge in [0.15, 0.2) is 0 Å². The van der Waals surface area contributed by atoms with Crippen LogP contribution in [-0.4, -0.2) is 14.6 Å². The van der Waals surface area contributed by atoms with Crippen molar-refractivity contribution in [1.82, 2.24) is 0 Å². The zero-order valence-corrected chi connectivity index (χ0v) is 9.36. The first-order chi connectivity index (χ1) is 3.27. The summed E-state index contributed by atoms with van der Waals surface area (Å²) in [5.74, 6) is 0. The second-order valence-corrected chi connectivity index (χ2v) is 2.77. The van der Waals surface area contributed by atoms with Gasteiger partial charge in [0.2, 0.25) is 0 Å². The average Bonchev–Trinajstić information content (AvgIpc) is 1.73. The largest absolute Gasteiger partial charge is 0.123 e. The summed E-state index contributed by atoms with van der Waals surface area (Å²) in [7, 11) is -0.596. The molecule has 0 aliphatic rings. The van der Waals surface area contributed by atoms with Gasteiger partial charge < -0.3 is 0 Å². The van der Waals surface area contributed by atoms with Crippen LogP contribution >= 0.6 is 37.2 Å². The van der Waals surface area contributed by atoms with E-state index < -0.39 is 8.41 Å². The summed E-state index contributed by atoms with van der Waals surface area (Å²) in [5, 5.41) is 0. The van der Waals surface area contributed by atoms with E-state index in [9.17, 15) is 0 Å². The predicted molar refractivity (Wildman–Crippen MR) is 55.6 cm³/mol. The van der Waals surface area contributed by atoms with Crippen LogP contribution in [-0.2, 0) is 0 Å². The molecule has 0 saturated carbocycles. The van der Waals surface area contributed by atoms with Crippen LogP contribution in [0, 0.1) is 12.0 Å². The SMILES string of the molecule is C#C[Si](=C)C.II. The highest BCUT2D eigenvalue weighted by Gasteiger charge is 1.63. The molecule has 0 amide bonds. The molecule has 3 heteroatoms. The molecule has 0 aliphatic carbocycles. The molecule has 0 N–H and O–H groups in total. The summed E-state index contributed by atoms with van der Waals surface area (Å²) in [4.78, 5) is 0. The number of hydrogen-bond donors (Lipinski definition) is 0. The van der Waals surface area contributed by atoms with Gasteiger partial charge in [0.05, 0.1) is 8.41 Å². The van der Waals surface area contributed by atoms with Gasteiger partial charge in [0.1, 0.15) is 0 Å². The van der Waals surface area contributed by atoms with Crippen LogP contribution < -0.4 is 0 Å². The van der Waals surface area contributed by atoms with E-state index in [1.165, 1.54) is 0 Å². The number of hydrogen-bond acceptors (Lipinski definition) is 0. The van der Waals surface area contributed by atoms with Crippen LogP contribution in [0.1, 0.15) is 0 Å². The molecule has 0 radical (unpaired) electrons. The second kappa shape index (κ2) is 10.2. The molecule has 0 aromatic heterocycles. The van der Waals surface area contributed by atoms with Crippen LogP contribution in [0.5, 0.6) is 0 Å². The van der Waals surface area contributed by atoms with Crippen LogP contribution in [0.4, 0.5) is 0 Å². The van der Waals surface area contributed by atoms with Crippen molar-refractivity contribution < 1.29 is 0 Å². The maximum Gasteiger partial charge on any atom is 0.0922 e. The molecule has 0 heterocycles. The zero-order chi connectivity index (χ0) is 6.28.